The molecule has 0 atom stereocenters. The second-order valence-electron chi connectivity index (χ2n) is 5.06. The van der Waals surface area contributed by atoms with Gasteiger partial charge < -0.3 is 5.32 Å². The average Bonchev–Trinajstić information content (AvgIpc) is 2.98. The second kappa shape index (κ2) is 8.56. The Balaban J connectivity index is 2.02. The van der Waals surface area contributed by atoms with Gasteiger partial charge in [0.05, 0.1) is 6.21 Å². The number of allylic oxidation sites excluding steroid dienone is 1. The number of hydrogen-bond acceptors (Lipinski definition) is 4. The van der Waals surface area contributed by atoms with E-state index >= 15 is 0 Å². The van der Waals surface area contributed by atoms with Crippen LogP contribution in [0.5, 0.6) is 0 Å². The molecule has 2 N–H and O–H groups in total. The third kappa shape index (κ3) is 5.14. The highest BCUT2D eigenvalue weighted by molar-refractivity contribution is 9.10. The summed E-state index contributed by atoms with van der Waals surface area (Å²) in [5, 5.41) is 8.47. The van der Waals surface area contributed by atoms with Crippen LogP contribution in [-0.2, 0) is 4.79 Å². The molecule has 2 aromatic rings. The summed E-state index contributed by atoms with van der Waals surface area (Å²) >= 11 is 4.85. The predicted molar refractivity (Wildman–Crippen MR) is 100 cm³/mol. The van der Waals surface area contributed by atoms with Gasteiger partial charge in [-0.1, -0.05) is 18.2 Å². The Morgan fingerprint density at radius 1 is 1.21 bits per heavy atom. The lowest BCUT2D eigenvalue weighted by molar-refractivity contribution is -0.117. The van der Waals surface area contributed by atoms with E-state index in [4.69, 9.17) is 0 Å². The molecule has 0 radical (unpaired) electrons. The standard InChI is InChI=1S/C17H16BrN3O2S/c1-11(2)15(20-16(22)12-6-4-3-5-7-12)17(23)21-19-9-14-8-13(18)10-24-14/h3-10H,1-2H3,(H,20,22)(H,21,23). The highest BCUT2D eigenvalue weighted by Crippen LogP contribution is 2.17. The molecule has 0 saturated heterocycles. The van der Waals surface area contributed by atoms with E-state index < -0.39 is 5.91 Å². The van der Waals surface area contributed by atoms with Crippen LogP contribution in [-0.4, -0.2) is 18.0 Å². The zero-order valence-electron chi connectivity index (χ0n) is 13.2. The number of benzene rings is 1. The fraction of sp³-hybridized carbons (Fsp3) is 0.118. The molecule has 2 rings (SSSR count). The Labute approximate surface area is 152 Å². The summed E-state index contributed by atoms with van der Waals surface area (Å²) in [4.78, 5) is 25.3. The molecule has 0 saturated carbocycles. The number of amides is 2. The van der Waals surface area contributed by atoms with Crippen molar-refractivity contribution < 1.29 is 9.59 Å². The summed E-state index contributed by atoms with van der Waals surface area (Å²) in [6, 6.07) is 10.6. The number of carbonyl (C=O) groups is 2. The highest BCUT2D eigenvalue weighted by Gasteiger charge is 2.15. The molecule has 7 heteroatoms. The topological polar surface area (TPSA) is 70.6 Å². The molecule has 0 aliphatic rings. The van der Waals surface area contributed by atoms with Crippen LogP contribution < -0.4 is 10.7 Å². The molecule has 5 nitrogen and oxygen atoms in total. The molecule has 24 heavy (non-hydrogen) atoms. The van der Waals surface area contributed by atoms with Crippen molar-refractivity contribution in [3.63, 3.8) is 0 Å². The van der Waals surface area contributed by atoms with Crippen LogP contribution in [0.2, 0.25) is 0 Å². The fourth-order valence-corrected chi connectivity index (χ4v) is 3.09. The molecule has 1 heterocycles. The molecule has 0 aliphatic heterocycles. The van der Waals surface area contributed by atoms with E-state index in [9.17, 15) is 9.59 Å². The van der Waals surface area contributed by atoms with E-state index in [0.29, 0.717) is 11.1 Å². The van der Waals surface area contributed by atoms with Crippen LogP contribution in [0.25, 0.3) is 0 Å². The summed E-state index contributed by atoms with van der Waals surface area (Å²) in [5.74, 6) is -0.806. The highest BCUT2D eigenvalue weighted by atomic mass is 79.9. The van der Waals surface area contributed by atoms with Gasteiger partial charge in [0, 0.05) is 20.3 Å². The molecule has 2 amide bonds. The van der Waals surface area contributed by atoms with Crippen molar-refractivity contribution >= 4 is 45.3 Å². The first-order valence-electron chi connectivity index (χ1n) is 7.08. The molecule has 0 fully saturated rings. The Morgan fingerprint density at radius 3 is 2.50 bits per heavy atom. The lowest BCUT2D eigenvalue weighted by Gasteiger charge is -2.10. The first-order valence-corrected chi connectivity index (χ1v) is 8.76. The number of hydrogen-bond donors (Lipinski definition) is 2. The van der Waals surface area contributed by atoms with Gasteiger partial charge in [0.15, 0.2) is 0 Å². The lowest BCUT2D eigenvalue weighted by atomic mass is 10.2. The van der Waals surface area contributed by atoms with Gasteiger partial charge in [-0.3, -0.25) is 9.59 Å². The Bertz CT molecular complexity index is 793. The first-order chi connectivity index (χ1) is 11.5. The number of rotatable bonds is 5. The molecule has 0 aliphatic carbocycles. The molecular formula is C17H16BrN3O2S. The monoisotopic (exact) mass is 405 g/mol. The van der Waals surface area contributed by atoms with Gasteiger partial charge in [0.2, 0.25) is 0 Å². The quantitative estimate of drug-likeness (QED) is 0.452. The van der Waals surface area contributed by atoms with E-state index in [1.165, 1.54) is 11.3 Å². The van der Waals surface area contributed by atoms with E-state index in [0.717, 1.165) is 9.35 Å². The maximum absolute atomic E-state index is 12.2. The van der Waals surface area contributed by atoms with Crippen molar-refractivity contribution in [3.8, 4) is 0 Å². The summed E-state index contributed by atoms with van der Waals surface area (Å²) in [5.41, 5.74) is 3.78. The van der Waals surface area contributed by atoms with Crippen molar-refractivity contribution in [2.45, 2.75) is 13.8 Å². The van der Waals surface area contributed by atoms with Gasteiger partial charge in [-0.2, -0.15) is 5.10 Å². The van der Waals surface area contributed by atoms with Crippen molar-refractivity contribution in [3.05, 3.63) is 68.0 Å². The average molecular weight is 406 g/mol. The maximum atomic E-state index is 12.2. The number of carbonyl (C=O) groups excluding carboxylic acids is 2. The van der Waals surface area contributed by atoms with Gasteiger partial charge in [-0.05, 0) is 53.5 Å². The zero-order valence-corrected chi connectivity index (χ0v) is 15.6. The van der Waals surface area contributed by atoms with Crippen molar-refractivity contribution in [1.29, 1.82) is 0 Å². The minimum absolute atomic E-state index is 0.188. The van der Waals surface area contributed by atoms with E-state index in [1.807, 2.05) is 17.5 Å². The number of hydrazone groups is 1. The van der Waals surface area contributed by atoms with E-state index in [2.05, 4.69) is 31.8 Å². The van der Waals surface area contributed by atoms with Crippen LogP contribution in [0.3, 0.4) is 0 Å². The fourth-order valence-electron chi connectivity index (χ4n) is 1.79. The number of nitrogens with one attached hydrogen (secondary N) is 2. The van der Waals surface area contributed by atoms with Crippen molar-refractivity contribution in [2.24, 2.45) is 5.10 Å². The van der Waals surface area contributed by atoms with Crippen molar-refractivity contribution in [1.82, 2.24) is 10.7 Å². The Hall–Kier alpha value is -2.25. The van der Waals surface area contributed by atoms with Gasteiger partial charge in [-0.25, -0.2) is 5.43 Å². The molecule has 0 unspecified atom stereocenters. The van der Waals surface area contributed by atoms with Gasteiger partial charge in [0.25, 0.3) is 11.8 Å². The van der Waals surface area contributed by atoms with Crippen LogP contribution in [0, 0.1) is 0 Å². The van der Waals surface area contributed by atoms with Crippen molar-refractivity contribution in [2.75, 3.05) is 0 Å². The van der Waals surface area contributed by atoms with Gasteiger partial charge >= 0.3 is 0 Å². The molecule has 0 bridgehead atoms. The smallest absolute Gasteiger partial charge is 0.287 e. The van der Waals surface area contributed by atoms with Crippen LogP contribution in [0.1, 0.15) is 29.1 Å². The van der Waals surface area contributed by atoms with Gasteiger partial charge in [0.1, 0.15) is 5.70 Å². The Morgan fingerprint density at radius 2 is 1.92 bits per heavy atom. The SMILES string of the molecule is CC(C)=C(NC(=O)c1ccccc1)C(=O)NN=Cc1cc(Br)cs1. The third-order valence-corrected chi connectivity index (χ3v) is 4.58. The van der Waals surface area contributed by atoms with Crippen LogP contribution in [0.4, 0.5) is 0 Å². The third-order valence-electron chi connectivity index (χ3n) is 2.95. The van der Waals surface area contributed by atoms with E-state index in [-0.39, 0.29) is 11.6 Å². The molecule has 1 aromatic heterocycles. The minimum atomic E-state index is -0.467. The largest absolute Gasteiger partial charge is 0.317 e. The van der Waals surface area contributed by atoms with Crippen LogP contribution in [0.15, 0.2) is 62.6 Å². The summed E-state index contributed by atoms with van der Waals surface area (Å²) in [7, 11) is 0. The zero-order chi connectivity index (χ0) is 17.5. The molecule has 124 valence electrons. The number of halogens is 1. The molecule has 0 spiro atoms. The van der Waals surface area contributed by atoms with Gasteiger partial charge in [-0.15, -0.1) is 11.3 Å². The minimum Gasteiger partial charge on any atom is -0.317 e. The number of thiophene rings is 1. The number of nitrogens with zero attached hydrogens (tertiary/aromatic N) is 1. The molecular weight excluding hydrogens is 390 g/mol. The summed E-state index contributed by atoms with van der Waals surface area (Å²) < 4.78 is 0.959. The Kier molecular flexibility index (Phi) is 6.45. The van der Waals surface area contributed by atoms with Crippen LogP contribution >= 0.6 is 27.3 Å². The lowest BCUT2D eigenvalue weighted by Crippen LogP contribution is -2.33. The maximum Gasteiger partial charge on any atom is 0.287 e. The first kappa shape index (κ1) is 18.1. The summed E-state index contributed by atoms with van der Waals surface area (Å²) in [6.07, 6.45) is 1.55. The predicted octanol–water partition coefficient (Wildman–Crippen LogP) is 3.68. The normalized spacial score (nSPS) is 10.5. The second-order valence-corrected chi connectivity index (χ2v) is 6.92. The summed E-state index contributed by atoms with van der Waals surface area (Å²) in [6.45, 7) is 3.50. The van der Waals surface area contributed by atoms with E-state index in [1.54, 1.807) is 44.3 Å². The molecule has 1 aromatic carbocycles.